The Bertz CT molecular complexity index is 113. The van der Waals surface area contributed by atoms with E-state index >= 15 is 0 Å². The summed E-state index contributed by atoms with van der Waals surface area (Å²) in [6.07, 6.45) is 16.4. The van der Waals surface area contributed by atoms with Crippen molar-refractivity contribution in [3.05, 3.63) is 19.1 Å². The number of halogens is 1. The molecule has 0 aliphatic heterocycles. The molecule has 0 saturated heterocycles. The van der Waals surface area contributed by atoms with Crippen LogP contribution in [0.4, 0.5) is 0 Å². The molecule has 0 nitrogen and oxygen atoms in total. The van der Waals surface area contributed by atoms with E-state index in [9.17, 15) is 0 Å². The van der Waals surface area contributed by atoms with E-state index in [1.165, 1.54) is 51.4 Å². The summed E-state index contributed by atoms with van der Waals surface area (Å²) in [6, 6.07) is 0. The Kier molecular flexibility index (Phi) is 28.5. The van der Waals surface area contributed by atoms with Crippen LogP contribution >= 0.6 is 0 Å². The minimum absolute atomic E-state index is 0. The average Bonchev–Trinajstić information content (AvgIpc) is 2.16. The molecule has 0 spiro atoms. The number of unbranched alkanes of at least 4 members (excludes halogenated alkanes) is 7. The summed E-state index contributed by atoms with van der Waals surface area (Å²) < 4.78 is 0. The molecule has 0 aromatic carbocycles. The van der Waals surface area contributed by atoms with Crippen LogP contribution in [0.2, 0.25) is 0 Å². The van der Waals surface area contributed by atoms with Crippen LogP contribution in [-0.2, 0) is 0 Å². The molecule has 86 valence electrons. The molecule has 0 aliphatic rings. The van der Waals surface area contributed by atoms with E-state index in [1.807, 2.05) is 0 Å². The van der Waals surface area contributed by atoms with Crippen molar-refractivity contribution in [2.75, 3.05) is 0 Å². The van der Waals surface area contributed by atoms with Crippen molar-refractivity contribution in [3.8, 4) is 0 Å². The number of hydrogen-bond acceptors (Lipinski definition) is 0. The topological polar surface area (TPSA) is 0 Å². The molecule has 0 unspecified atom stereocenters. The maximum atomic E-state index is 3.84. The Morgan fingerprint density at radius 3 is 1.87 bits per heavy atom. The van der Waals surface area contributed by atoms with Gasteiger partial charge in [0.1, 0.15) is 0 Å². The second-order valence-corrected chi connectivity index (χ2v) is 3.67. The van der Waals surface area contributed by atoms with E-state index < -0.39 is 0 Å². The molecular formula is C13H25ClMg. The fourth-order valence-corrected chi connectivity index (χ4v) is 1.36. The first-order valence-electron chi connectivity index (χ1n) is 5.86. The molecule has 2 heteroatoms. The van der Waals surface area contributed by atoms with Crippen LogP contribution in [0.3, 0.4) is 0 Å². The fraction of sp³-hybridized carbons (Fsp3) is 0.769. The third-order valence-electron chi connectivity index (χ3n) is 2.26. The van der Waals surface area contributed by atoms with Gasteiger partial charge in [-0.05, 0) is 25.7 Å². The molecule has 0 saturated carbocycles. The summed E-state index contributed by atoms with van der Waals surface area (Å²) in [6.45, 7) is 6.09. The third kappa shape index (κ3) is 20.8. The van der Waals surface area contributed by atoms with Gasteiger partial charge in [-0.15, -0.1) is 0 Å². The van der Waals surface area contributed by atoms with Gasteiger partial charge in [0.15, 0.2) is 0 Å². The van der Waals surface area contributed by atoms with E-state index in [0.29, 0.717) is 0 Å². The molecule has 0 heterocycles. The summed E-state index contributed by atoms with van der Waals surface area (Å²) in [5, 5.41) is 0. The van der Waals surface area contributed by atoms with Crippen molar-refractivity contribution in [1.82, 2.24) is 0 Å². The van der Waals surface area contributed by atoms with Gasteiger partial charge in [-0.25, -0.2) is 0 Å². The van der Waals surface area contributed by atoms with E-state index in [2.05, 4.69) is 26.0 Å². The maximum absolute atomic E-state index is 3.84. The molecular weight excluding hydrogens is 216 g/mol. The van der Waals surface area contributed by atoms with Crippen molar-refractivity contribution in [3.63, 3.8) is 0 Å². The van der Waals surface area contributed by atoms with Gasteiger partial charge < -0.3 is 19.3 Å². The molecule has 0 aliphatic carbocycles. The Morgan fingerprint density at radius 1 is 0.867 bits per heavy atom. The zero-order valence-electron chi connectivity index (χ0n) is 10.3. The maximum Gasteiger partial charge on any atom is 2.00 e. The molecule has 0 bridgehead atoms. The normalized spacial score (nSPS) is 9.73. The van der Waals surface area contributed by atoms with Crippen molar-refractivity contribution < 1.29 is 12.4 Å². The summed E-state index contributed by atoms with van der Waals surface area (Å²) in [7, 11) is 0. The van der Waals surface area contributed by atoms with Crippen LogP contribution in [0.1, 0.15) is 64.7 Å². The van der Waals surface area contributed by atoms with Gasteiger partial charge in [0.2, 0.25) is 0 Å². The van der Waals surface area contributed by atoms with E-state index in [1.54, 1.807) is 0 Å². The van der Waals surface area contributed by atoms with Crippen LogP contribution in [0.5, 0.6) is 0 Å². The number of allylic oxidation sites excluding steroid dienone is 2. The summed E-state index contributed by atoms with van der Waals surface area (Å²) in [5.74, 6) is 0. The first kappa shape index (κ1) is 21.1. The molecule has 0 atom stereocenters. The van der Waals surface area contributed by atoms with E-state index in [4.69, 9.17) is 0 Å². The smallest absolute Gasteiger partial charge is 1.00 e. The largest absolute Gasteiger partial charge is 2.00 e. The Hall–Kier alpha value is 0.796. The summed E-state index contributed by atoms with van der Waals surface area (Å²) in [5.41, 5.74) is 0. The minimum Gasteiger partial charge on any atom is -1.00 e. The van der Waals surface area contributed by atoms with Gasteiger partial charge in [0, 0.05) is 0 Å². The predicted octanol–water partition coefficient (Wildman–Crippen LogP) is 1.53. The average molecular weight is 241 g/mol. The third-order valence-corrected chi connectivity index (χ3v) is 2.26. The second kappa shape index (κ2) is 20.2. The predicted molar refractivity (Wildman–Crippen MR) is 67.5 cm³/mol. The standard InChI is InChI=1S/C13H25.ClH.Mg/c1-3-5-7-9-11-13-12-10-8-6-4-2;;/h12-13H,1,3-11H2,2H3;1H;/q-1;;+2/p-1/b13-12-;;. The monoisotopic (exact) mass is 240 g/mol. The van der Waals surface area contributed by atoms with Gasteiger partial charge in [0.05, 0.1) is 0 Å². The van der Waals surface area contributed by atoms with Gasteiger partial charge in [-0.1, -0.05) is 44.8 Å². The molecule has 0 amide bonds. The first-order chi connectivity index (χ1) is 6.41. The zero-order valence-corrected chi connectivity index (χ0v) is 12.5. The Balaban J connectivity index is -0.000000720. The summed E-state index contributed by atoms with van der Waals surface area (Å²) >= 11 is 0. The SMILES string of the molecule is [CH2-]CCCCC/C=C\CCCCC.[Cl-].[Mg+2]. The molecule has 15 heavy (non-hydrogen) atoms. The minimum atomic E-state index is 0. The van der Waals surface area contributed by atoms with Crippen molar-refractivity contribution in [2.24, 2.45) is 0 Å². The quantitative estimate of drug-likeness (QED) is 0.248. The second-order valence-electron chi connectivity index (χ2n) is 3.67. The Morgan fingerprint density at radius 2 is 1.40 bits per heavy atom. The molecule has 0 radical (unpaired) electrons. The fourth-order valence-electron chi connectivity index (χ4n) is 1.36. The van der Waals surface area contributed by atoms with Crippen LogP contribution < -0.4 is 12.4 Å². The molecule has 0 rings (SSSR count). The van der Waals surface area contributed by atoms with Gasteiger partial charge in [-0.2, -0.15) is 6.42 Å². The molecule has 0 N–H and O–H groups in total. The van der Waals surface area contributed by atoms with Crippen molar-refractivity contribution in [2.45, 2.75) is 64.7 Å². The molecule has 0 aromatic heterocycles. The first-order valence-corrected chi connectivity index (χ1v) is 5.86. The number of rotatable bonds is 9. The molecule has 0 fully saturated rings. The van der Waals surface area contributed by atoms with Crippen LogP contribution in [0, 0.1) is 6.92 Å². The van der Waals surface area contributed by atoms with Crippen molar-refractivity contribution >= 4 is 23.1 Å². The van der Waals surface area contributed by atoms with Gasteiger partial charge >= 0.3 is 23.1 Å². The molecule has 0 aromatic rings. The van der Waals surface area contributed by atoms with Gasteiger partial charge in [-0.3, -0.25) is 0 Å². The zero-order chi connectivity index (χ0) is 9.78. The van der Waals surface area contributed by atoms with Crippen LogP contribution in [-0.4, -0.2) is 23.1 Å². The summed E-state index contributed by atoms with van der Waals surface area (Å²) in [4.78, 5) is 0. The number of hydrogen-bond donors (Lipinski definition) is 0. The van der Waals surface area contributed by atoms with Crippen molar-refractivity contribution in [1.29, 1.82) is 0 Å². The van der Waals surface area contributed by atoms with Crippen LogP contribution in [0.15, 0.2) is 12.2 Å². The van der Waals surface area contributed by atoms with Crippen LogP contribution in [0.25, 0.3) is 0 Å². The Labute approximate surface area is 119 Å². The van der Waals surface area contributed by atoms with E-state index in [0.717, 1.165) is 6.42 Å². The van der Waals surface area contributed by atoms with E-state index in [-0.39, 0.29) is 35.5 Å². The van der Waals surface area contributed by atoms with Gasteiger partial charge in [0.25, 0.3) is 0 Å².